The molecular weight excluding hydrogens is 444 g/mol. The molecule has 2 aromatic heterocycles. The van der Waals surface area contributed by atoms with Crippen LogP contribution in [0.5, 0.6) is 0 Å². The number of benzene rings is 2. The molecule has 0 fully saturated rings. The summed E-state index contributed by atoms with van der Waals surface area (Å²) in [5.41, 5.74) is 1.83. The molecule has 0 unspecified atom stereocenters. The van der Waals surface area contributed by atoms with Gasteiger partial charge in [-0.1, -0.05) is 75.0 Å². The van der Waals surface area contributed by atoms with Gasteiger partial charge in [-0.15, -0.1) is 0 Å². The Morgan fingerprint density at radius 3 is 2.74 bits per heavy atom. The summed E-state index contributed by atoms with van der Waals surface area (Å²) in [5, 5.41) is 14.9. The maximum atomic E-state index is 12.6. The largest absolute Gasteiger partial charge is 0.369 e. The Morgan fingerprint density at radius 2 is 1.91 bits per heavy atom. The van der Waals surface area contributed by atoms with Crippen LogP contribution in [0.2, 0.25) is 0 Å². The Labute approximate surface area is 204 Å². The second-order valence-electron chi connectivity index (χ2n) is 8.75. The smallest absolute Gasteiger partial charge is 0.224 e. The van der Waals surface area contributed by atoms with Crippen LogP contribution >= 0.6 is 11.8 Å². The molecule has 0 atom stereocenters. The van der Waals surface area contributed by atoms with E-state index in [4.69, 9.17) is 9.97 Å². The van der Waals surface area contributed by atoms with E-state index in [1.165, 1.54) is 0 Å². The van der Waals surface area contributed by atoms with Gasteiger partial charge in [0.05, 0.1) is 24.5 Å². The van der Waals surface area contributed by atoms with Gasteiger partial charge in [0.15, 0.2) is 10.8 Å². The van der Waals surface area contributed by atoms with E-state index < -0.39 is 0 Å². The highest BCUT2D eigenvalue weighted by Gasteiger charge is 2.14. The molecule has 4 aromatic rings. The number of carbonyl (C=O) groups excluding carboxylic acids is 1. The fourth-order valence-electron chi connectivity index (χ4n) is 3.78. The maximum absolute atomic E-state index is 12.6. The van der Waals surface area contributed by atoms with Crippen molar-refractivity contribution in [3.05, 3.63) is 54.2 Å². The molecule has 2 aromatic carbocycles. The Balaban J connectivity index is 1.44. The van der Waals surface area contributed by atoms with E-state index in [-0.39, 0.29) is 5.91 Å². The van der Waals surface area contributed by atoms with E-state index >= 15 is 0 Å². The molecule has 34 heavy (non-hydrogen) atoms. The summed E-state index contributed by atoms with van der Waals surface area (Å²) in [6.45, 7) is 8.35. The van der Waals surface area contributed by atoms with Crippen molar-refractivity contribution in [3.8, 4) is 0 Å². The van der Waals surface area contributed by atoms with Crippen molar-refractivity contribution in [2.24, 2.45) is 5.92 Å². The quantitative estimate of drug-likeness (QED) is 0.236. The molecular formula is C26H32N6OS. The van der Waals surface area contributed by atoms with E-state index in [9.17, 15) is 4.79 Å². The van der Waals surface area contributed by atoms with Crippen LogP contribution < -0.4 is 10.6 Å². The number of thioether (sulfide) groups is 1. The number of fused-ring (bicyclic) bond motifs is 2. The Hall–Kier alpha value is -3.13. The first kappa shape index (κ1) is 24.0. The molecule has 8 heteroatoms. The third kappa shape index (κ3) is 5.86. The zero-order chi connectivity index (χ0) is 23.9. The van der Waals surface area contributed by atoms with Crippen LogP contribution in [0.1, 0.15) is 32.8 Å². The summed E-state index contributed by atoms with van der Waals surface area (Å²) in [5.74, 6) is 2.29. The lowest BCUT2D eigenvalue weighted by molar-refractivity contribution is -0.120. The number of hydrogen-bond acceptors (Lipinski definition) is 6. The molecule has 1 amide bonds. The summed E-state index contributed by atoms with van der Waals surface area (Å²) < 4.78 is 1.85. The van der Waals surface area contributed by atoms with Crippen molar-refractivity contribution < 1.29 is 4.79 Å². The van der Waals surface area contributed by atoms with Crippen molar-refractivity contribution >= 4 is 45.3 Å². The standard InChI is InChI=1S/C26H32N6OS/c1-4-14-34-26-30-24(28-16-18(2)3)22-17-29-32(25(22)31-26)13-12-27-23(33)15-20-10-7-9-19-8-5-6-11-21(19)20/h5-11,17-18H,4,12-16H2,1-3H3,(H,27,33)(H,28,30,31). The van der Waals surface area contributed by atoms with Crippen LogP contribution in [-0.4, -0.2) is 44.5 Å². The normalized spacial score (nSPS) is 11.4. The average molecular weight is 477 g/mol. The van der Waals surface area contributed by atoms with Crippen LogP contribution in [0.4, 0.5) is 5.82 Å². The maximum Gasteiger partial charge on any atom is 0.224 e. The molecule has 0 spiro atoms. The molecule has 2 N–H and O–H groups in total. The van der Waals surface area contributed by atoms with E-state index in [1.54, 1.807) is 11.8 Å². The van der Waals surface area contributed by atoms with Crippen LogP contribution in [0.25, 0.3) is 21.8 Å². The van der Waals surface area contributed by atoms with Crippen molar-refractivity contribution in [1.82, 2.24) is 25.1 Å². The third-order valence-electron chi connectivity index (χ3n) is 5.47. The third-order valence-corrected chi connectivity index (χ3v) is 6.52. The first-order valence-corrected chi connectivity index (χ1v) is 12.9. The molecule has 0 aliphatic carbocycles. The minimum absolute atomic E-state index is 0.000852. The van der Waals surface area contributed by atoms with Crippen molar-refractivity contribution in [2.45, 2.75) is 45.3 Å². The predicted molar refractivity (Wildman–Crippen MR) is 140 cm³/mol. The summed E-state index contributed by atoms with van der Waals surface area (Å²) in [6, 6.07) is 14.2. The topological polar surface area (TPSA) is 84.7 Å². The summed E-state index contributed by atoms with van der Waals surface area (Å²) in [7, 11) is 0. The molecule has 7 nitrogen and oxygen atoms in total. The van der Waals surface area contributed by atoms with Gasteiger partial charge in [-0.3, -0.25) is 4.79 Å². The lowest BCUT2D eigenvalue weighted by atomic mass is 10.0. The van der Waals surface area contributed by atoms with Gasteiger partial charge in [0.1, 0.15) is 5.82 Å². The fraction of sp³-hybridized carbons (Fsp3) is 0.385. The molecule has 4 rings (SSSR count). The number of nitrogens with one attached hydrogen (secondary N) is 2. The van der Waals surface area contributed by atoms with E-state index in [1.807, 2.05) is 35.1 Å². The number of amides is 1. The van der Waals surface area contributed by atoms with Crippen LogP contribution in [0.3, 0.4) is 0 Å². The van der Waals surface area contributed by atoms with Gasteiger partial charge < -0.3 is 10.6 Å². The van der Waals surface area contributed by atoms with E-state index in [2.05, 4.69) is 54.7 Å². The molecule has 2 heterocycles. The summed E-state index contributed by atoms with van der Waals surface area (Å²) in [6.07, 6.45) is 3.22. The fourth-order valence-corrected chi connectivity index (χ4v) is 4.47. The zero-order valence-electron chi connectivity index (χ0n) is 20.0. The molecule has 0 aliphatic rings. The lowest BCUT2D eigenvalue weighted by Gasteiger charge is -2.11. The number of aromatic nitrogens is 4. The van der Waals surface area contributed by atoms with Gasteiger partial charge in [-0.05, 0) is 28.7 Å². The Kier molecular flexibility index (Phi) is 8.00. The zero-order valence-corrected chi connectivity index (χ0v) is 20.9. The predicted octanol–water partition coefficient (Wildman–Crippen LogP) is 4.91. The van der Waals surface area contributed by atoms with Gasteiger partial charge in [0.2, 0.25) is 5.91 Å². The van der Waals surface area contributed by atoms with Gasteiger partial charge in [-0.25, -0.2) is 14.6 Å². The second kappa shape index (κ2) is 11.3. The lowest BCUT2D eigenvalue weighted by Crippen LogP contribution is -2.29. The van der Waals surface area contributed by atoms with Gasteiger partial charge in [0, 0.05) is 18.8 Å². The van der Waals surface area contributed by atoms with Crippen LogP contribution in [0.15, 0.2) is 53.8 Å². The van der Waals surface area contributed by atoms with Crippen LogP contribution in [-0.2, 0) is 17.8 Å². The van der Waals surface area contributed by atoms with Gasteiger partial charge in [-0.2, -0.15) is 5.10 Å². The summed E-state index contributed by atoms with van der Waals surface area (Å²) >= 11 is 1.65. The minimum atomic E-state index is 0.000852. The van der Waals surface area contributed by atoms with Gasteiger partial charge >= 0.3 is 0 Å². The number of rotatable bonds is 11. The highest BCUT2D eigenvalue weighted by molar-refractivity contribution is 7.99. The molecule has 0 aliphatic heterocycles. The molecule has 0 radical (unpaired) electrons. The summed E-state index contributed by atoms with van der Waals surface area (Å²) in [4.78, 5) is 22.1. The number of nitrogens with zero attached hydrogens (tertiary/aromatic N) is 4. The van der Waals surface area contributed by atoms with Crippen molar-refractivity contribution in [1.29, 1.82) is 0 Å². The molecule has 178 valence electrons. The Bertz CT molecular complexity index is 1260. The Morgan fingerprint density at radius 1 is 1.09 bits per heavy atom. The SMILES string of the molecule is CCCSc1nc(NCC(C)C)c2cnn(CCNC(=O)Cc3cccc4ccccc34)c2n1. The first-order chi connectivity index (χ1) is 16.5. The molecule has 0 saturated carbocycles. The number of carbonyl (C=O) groups is 1. The molecule has 0 saturated heterocycles. The second-order valence-corrected chi connectivity index (χ2v) is 9.81. The first-order valence-electron chi connectivity index (χ1n) is 11.9. The van der Waals surface area contributed by atoms with Crippen molar-refractivity contribution in [3.63, 3.8) is 0 Å². The van der Waals surface area contributed by atoms with Crippen LogP contribution in [0, 0.1) is 5.92 Å². The van der Waals surface area contributed by atoms with E-state index in [0.29, 0.717) is 25.4 Å². The van der Waals surface area contributed by atoms with E-state index in [0.717, 1.165) is 57.1 Å². The highest BCUT2D eigenvalue weighted by Crippen LogP contribution is 2.25. The number of hydrogen-bond donors (Lipinski definition) is 2. The minimum Gasteiger partial charge on any atom is -0.369 e. The number of anilines is 1. The van der Waals surface area contributed by atoms with Gasteiger partial charge in [0.25, 0.3) is 0 Å². The highest BCUT2D eigenvalue weighted by atomic mass is 32.2. The average Bonchev–Trinajstić information content (AvgIpc) is 3.24. The monoisotopic (exact) mass is 476 g/mol. The van der Waals surface area contributed by atoms with Crippen molar-refractivity contribution in [2.75, 3.05) is 24.2 Å². The molecule has 0 bridgehead atoms.